The Morgan fingerprint density at radius 3 is 1.25 bits per heavy atom. The molecule has 6 heteroatoms. The number of benzene rings is 6. The number of rotatable bonds is 20. The van der Waals surface area contributed by atoms with E-state index in [0.29, 0.717) is 39.6 Å². The highest BCUT2D eigenvalue weighted by Crippen LogP contribution is 2.58. The highest BCUT2D eigenvalue weighted by Gasteiger charge is 2.47. The predicted molar refractivity (Wildman–Crippen MR) is 213 cm³/mol. The number of unbranched alkanes of at least 4 members (excludes halogenated alkanes) is 4. The van der Waals surface area contributed by atoms with Crippen LogP contribution in [0.1, 0.15) is 60.8 Å². The van der Waals surface area contributed by atoms with E-state index in [1.807, 2.05) is 0 Å². The van der Waals surface area contributed by atoms with Crippen LogP contribution in [0.5, 0.6) is 11.5 Å². The lowest BCUT2D eigenvalue weighted by molar-refractivity contribution is 0.0967. The van der Waals surface area contributed by atoms with Crippen LogP contribution in [-0.4, -0.2) is 63.1 Å². The second-order valence-corrected chi connectivity index (χ2v) is 13.6. The van der Waals surface area contributed by atoms with Crippen molar-refractivity contribution in [2.75, 3.05) is 52.9 Å². The minimum atomic E-state index is -0.626. The zero-order valence-corrected chi connectivity index (χ0v) is 30.5. The van der Waals surface area contributed by atoms with Crippen molar-refractivity contribution in [2.45, 2.75) is 43.9 Å². The number of hydrogen-bond acceptors (Lipinski definition) is 6. The number of fused-ring (bicyclic) bond motifs is 5. The molecule has 0 aromatic heterocycles. The Bertz CT molecular complexity index is 1950. The van der Waals surface area contributed by atoms with E-state index in [0.717, 1.165) is 71.6 Å². The average Bonchev–Trinajstić information content (AvgIpc) is 3.50. The lowest BCUT2D eigenvalue weighted by Gasteiger charge is -2.36. The van der Waals surface area contributed by atoms with E-state index in [9.17, 15) is 0 Å². The van der Waals surface area contributed by atoms with Gasteiger partial charge in [0.15, 0.2) is 0 Å². The molecule has 6 nitrogen and oxygen atoms in total. The first-order chi connectivity index (χ1) is 26.3. The Labute approximate surface area is 312 Å². The first-order valence-corrected chi connectivity index (χ1v) is 19.2. The molecule has 6 aromatic carbocycles. The summed E-state index contributed by atoms with van der Waals surface area (Å²) in [5, 5.41) is 22.5. The first kappa shape index (κ1) is 36.6. The third-order valence-electron chi connectivity index (χ3n) is 10.4. The Hall–Kier alpha value is -4.72. The van der Waals surface area contributed by atoms with Gasteiger partial charge in [-0.3, -0.25) is 0 Å². The molecule has 2 N–H and O–H groups in total. The van der Waals surface area contributed by atoms with Gasteiger partial charge in [-0.1, -0.05) is 109 Å². The summed E-state index contributed by atoms with van der Waals surface area (Å²) in [5.41, 5.74) is 6.76. The van der Waals surface area contributed by atoms with Gasteiger partial charge in [-0.2, -0.15) is 0 Å². The fourth-order valence-corrected chi connectivity index (χ4v) is 8.04. The first-order valence-electron chi connectivity index (χ1n) is 19.2. The summed E-state index contributed by atoms with van der Waals surface area (Å²) < 4.78 is 24.5. The Morgan fingerprint density at radius 2 is 0.774 bits per heavy atom. The third kappa shape index (κ3) is 7.55. The number of aliphatic hydroxyl groups excluding tert-OH is 2. The maximum Gasteiger partial charge on any atom is 0.127 e. The van der Waals surface area contributed by atoms with Gasteiger partial charge in [0.25, 0.3) is 0 Å². The van der Waals surface area contributed by atoms with E-state index in [4.69, 9.17) is 29.2 Å². The van der Waals surface area contributed by atoms with Crippen molar-refractivity contribution in [3.05, 3.63) is 144 Å². The van der Waals surface area contributed by atoms with Gasteiger partial charge in [-0.05, 0) is 94.8 Å². The molecule has 7 rings (SSSR count). The maximum atomic E-state index is 9.04. The van der Waals surface area contributed by atoms with Gasteiger partial charge in [0, 0.05) is 37.2 Å². The molecule has 0 heterocycles. The lowest BCUT2D eigenvalue weighted by Crippen LogP contribution is -2.29. The van der Waals surface area contributed by atoms with Crippen LogP contribution in [0.3, 0.4) is 0 Å². The topological polar surface area (TPSA) is 77.4 Å². The van der Waals surface area contributed by atoms with E-state index >= 15 is 0 Å². The molecule has 0 fully saturated rings. The summed E-state index contributed by atoms with van der Waals surface area (Å²) in [6.07, 6.45) is 5.42. The van der Waals surface area contributed by atoms with Gasteiger partial charge >= 0.3 is 0 Å². The average molecular weight is 711 g/mol. The molecule has 6 aromatic rings. The van der Waals surface area contributed by atoms with E-state index in [1.54, 1.807) is 0 Å². The standard InChI is InChI=1S/C47H50O6/c48-27-7-1-9-29-50-31-33-52-45-25-13-17-37-39(45)19-11-23-43(37)47(41-21-5-3-15-35(41)36-16-4-6-22-42(36)47)44-24-12-20-40-38(44)18-14-26-46(40)53-34-32-51-30-10-2-8-28-49/h3-6,11-26,48-49H,1-2,7-10,27-34H2. The third-order valence-corrected chi connectivity index (χ3v) is 10.4. The van der Waals surface area contributed by atoms with E-state index in [1.165, 1.54) is 33.4 Å². The molecule has 0 radical (unpaired) electrons. The van der Waals surface area contributed by atoms with Crippen molar-refractivity contribution in [2.24, 2.45) is 0 Å². The van der Waals surface area contributed by atoms with Gasteiger partial charge in [0.2, 0.25) is 0 Å². The van der Waals surface area contributed by atoms with Crippen molar-refractivity contribution in [3.63, 3.8) is 0 Å². The zero-order chi connectivity index (χ0) is 36.3. The molecule has 0 saturated carbocycles. The summed E-state index contributed by atoms with van der Waals surface area (Å²) >= 11 is 0. The molecule has 0 spiro atoms. The minimum Gasteiger partial charge on any atom is -0.491 e. The minimum absolute atomic E-state index is 0.227. The number of ether oxygens (including phenoxy) is 4. The normalized spacial score (nSPS) is 12.9. The molecule has 1 aliphatic carbocycles. The predicted octanol–water partition coefficient (Wildman–Crippen LogP) is 9.47. The molecule has 0 aliphatic heterocycles. The number of hydrogen-bond donors (Lipinski definition) is 2. The van der Waals surface area contributed by atoms with Crippen LogP contribution in [-0.2, 0) is 14.9 Å². The van der Waals surface area contributed by atoms with Gasteiger partial charge in [-0.25, -0.2) is 0 Å². The molecular weight excluding hydrogens is 661 g/mol. The van der Waals surface area contributed by atoms with Crippen molar-refractivity contribution < 1.29 is 29.2 Å². The van der Waals surface area contributed by atoms with E-state index in [-0.39, 0.29) is 13.2 Å². The molecule has 274 valence electrons. The van der Waals surface area contributed by atoms with Gasteiger partial charge in [0.05, 0.1) is 18.6 Å². The summed E-state index contributed by atoms with van der Waals surface area (Å²) in [6, 6.07) is 43.7. The fraction of sp³-hybridized carbons (Fsp3) is 0.319. The zero-order valence-electron chi connectivity index (χ0n) is 30.5. The monoisotopic (exact) mass is 710 g/mol. The Kier molecular flexibility index (Phi) is 12.4. The van der Waals surface area contributed by atoms with Crippen molar-refractivity contribution in [3.8, 4) is 22.6 Å². The summed E-state index contributed by atoms with van der Waals surface area (Å²) in [6.45, 7) is 3.73. The maximum absolute atomic E-state index is 9.04. The molecule has 1 aliphatic rings. The molecular formula is C47H50O6. The second-order valence-electron chi connectivity index (χ2n) is 13.6. The lowest BCUT2D eigenvalue weighted by atomic mass is 9.65. The van der Waals surface area contributed by atoms with Crippen LogP contribution in [0, 0.1) is 0 Å². The van der Waals surface area contributed by atoms with Crippen molar-refractivity contribution in [1.29, 1.82) is 0 Å². The molecule has 0 bridgehead atoms. The molecule has 0 saturated heterocycles. The van der Waals surface area contributed by atoms with Crippen LogP contribution in [0.2, 0.25) is 0 Å². The number of aliphatic hydroxyl groups is 2. The van der Waals surface area contributed by atoms with Gasteiger partial charge in [-0.15, -0.1) is 0 Å². The van der Waals surface area contributed by atoms with Crippen LogP contribution < -0.4 is 9.47 Å². The fourth-order valence-electron chi connectivity index (χ4n) is 8.04. The highest BCUT2D eigenvalue weighted by atomic mass is 16.5. The van der Waals surface area contributed by atoms with Crippen LogP contribution in [0.15, 0.2) is 121 Å². The van der Waals surface area contributed by atoms with Gasteiger partial charge in [0.1, 0.15) is 24.7 Å². The van der Waals surface area contributed by atoms with E-state index < -0.39 is 5.41 Å². The summed E-state index contributed by atoms with van der Waals surface area (Å²) in [4.78, 5) is 0. The van der Waals surface area contributed by atoms with Crippen molar-refractivity contribution in [1.82, 2.24) is 0 Å². The molecule has 0 atom stereocenters. The summed E-state index contributed by atoms with van der Waals surface area (Å²) in [5.74, 6) is 1.68. The van der Waals surface area contributed by atoms with Gasteiger partial charge < -0.3 is 29.2 Å². The summed E-state index contributed by atoms with van der Waals surface area (Å²) in [7, 11) is 0. The van der Waals surface area contributed by atoms with Crippen LogP contribution >= 0.6 is 0 Å². The van der Waals surface area contributed by atoms with Crippen LogP contribution in [0.4, 0.5) is 0 Å². The largest absolute Gasteiger partial charge is 0.491 e. The Balaban J connectivity index is 1.29. The quantitative estimate of drug-likeness (QED) is 0.0768. The molecule has 0 amide bonds. The highest BCUT2D eigenvalue weighted by molar-refractivity contribution is 6.00. The molecule has 0 unspecified atom stereocenters. The van der Waals surface area contributed by atoms with Crippen molar-refractivity contribution >= 4 is 21.5 Å². The molecule has 53 heavy (non-hydrogen) atoms. The smallest absolute Gasteiger partial charge is 0.127 e. The SMILES string of the molecule is OCCCCCOCCOc1cccc2c(C3(c4cccc5c(OCCOCCCCCO)cccc45)c4ccccc4-c4ccccc43)cccc12. The Morgan fingerprint density at radius 1 is 0.358 bits per heavy atom. The second kappa shape index (κ2) is 17.9. The van der Waals surface area contributed by atoms with E-state index in [2.05, 4.69) is 121 Å². The van der Waals surface area contributed by atoms with Crippen LogP contribution in [0.25, 0.3) is 32.7 Å².